The Morgan fingerprint density at radius 2 is 2.20 bits per heavy atom. The van der Waals surface area contributed by atoms with E-state index in [1.165, 1.54) is 0 Å². The highest BCUT2D eigenvalue weighted by atomic mass is 16.1. The predicted octanol–water partition coefficient (Wildman–Crippen LogP) is 1.92. The van der Waals surface area contributed by atoms with E-state index in [0.717, 1.165) is 11.0 Å². The van der Waals surface area contributed by atoms with Gasteiger partial charge in [0.1, 0.15) is 0 Å². The number of nitrogens with one attached hydrogen (secondary N) is 1. The maximum atomic E-state index is 11.2. The van der Waals surface area contributed by atoms with Gasteiger partial charge in [-0.15, -0.1) is 0 Å². The molecule has 0 unspecified atom stereocenters. The van der Waals surface area contributed by atoms with Crippen molar-refractivity contribution in [2.24, 2.45) is 7.05 Å². The molecule has 78 valence electrons. The standard InChI is InChI=1S/C11H13N3O/c1-3-10(15)13-11-12-8-6-4-5-7-9(8)14(11)2/h4-7H,3H2,1-2H3,(H,12,13,15). The van der Waals surface area contributed by atoms with Gasteiger partial charge in [0, 0.05) is 13.5 Å². The Morgan fingerprint density at radius 3 is 2.87 bits per heavy atom. The molecule has 0 aliphatic rings. The molecule has 1 N–H and O–H groups in total. The normalized spacial score (nSPS) is 10.5. The van der Waals surface area contributed by atoms with Gasteiger partial charge >= 0.3 is 0 Å². The van der Waals surface area contributed by atoms with E-state index in [2.05, 4.69) is 10.3 Å². The van der Waals surface area contributed by atoms with Gasteiger partial charge < -0.3 is 4.57 Å². The Morgan fingerprint density at radius 1 is 1.47 bits per heavy atom. The molecule has 2 aromatic rings. The molecule has 0 spiro atoms. The minimum Gasteiger partial charge on any atom is -0.313 e. The van der Waals surface area contributed by atoms with Crippen LogP contribution in [0, 0.1) is 0 Å². The summed E-state index contributed by atoms with van der Waals surface area (Å²) in [7, 11) is 1.89. The number of fused-ring (bicyclic) bond motifs is 1. The summed E-state index contributed by atoms with van der Waals surface area (Å²) in [5.74, 6) is 0.580. The summed E-state index contributed by atoms with van der Waals surface area (Å²) in [6, 6.07) is 7.79. The molecule has 0 fully saturated rings. The van der Waals surface area contributed by atoms with E-state index in [1.54, 1.807) is 0 Å². The summed E-state index contributed by atoms with van der Waals surface area (Å²) in [6.07, 6.45) is 0.462. The van der Waals surface area contributed by atoms with Gasteiger partial charge in [-0.2, -0.15) is 0 Å². The first-order chi connectivity index (χ1) is 7.22. The van der Waals surface area contributed by atoms with E-state index in [0.29, 0.717) is 12.4 Å². The monoisotopic (exact) mass is 203 g/mol. The van der Waals surface area contributed by atoms with E-state index in [-0.39, 0.29) is 5.91 Å². The third-order valence-electron chi connectivity index (χ3n) is 2.36. The van der Waals surface area contributed by atoms with E-state index in [9.17, 15) is 4.79 Å². The highest BCUT2D eigenvalue weighted by Gasteiger charge is 2.08. The molecule has 1 aromatic carbocycles. The Labute approximate surface area is 87.9 Å². The van der Waals surface area contributed by atoms with Crippen molar-refractivity contribution in [3.05, 3.63) is 24.3 Å². The van der Waals surface area contributed by atoms with Crippen LogP contribution in [0.2, 0.25) is 0 Å². The minimum atomic E-state index is -0.0200. The van der Waals surface area contributed by atoms with Crippen LogP contribution in [0.4, 0.5) is 5.95 Å². The first kappa shape index (κ1) is 9.71. The van der Waals surface area contributed by atoms with Crippen LogP contribution in [0.5, 0.6) is 0 Å². The summed E-state index contributed by atoms with van der Waals surface area (Å²) in [6.45, 7) is 1.82. The molecular weight excluding hydrogens is 190 g/mol. The topological polar surface area (TPSA) is 46.9 Å². The molecule has 0 saturated heterocycles. The molecule has 15 heavy (non-hydrogen) atoms. The van der Waals surface area contributed by atoms with Gasteiger partial charge in [-0.05, 0) is 12.1 Å². The molecule has 1 heterocycles. The van der Waals surface area contributed by atoms with Crippen molar-refractivity contribution < 1.29 is 4.79 Å². The van der Waals surface area contributed by atoms with E-state index >= 15 is 0 Å². The molecule has 0 atom stereocenters. The zero-order chi connectivity index (χ0) is 10.8. The third kappa shape index (κ3) is 1.70. The number of nitrogens with zero attached hydrogens (tertiary/aromatic N) is 2. The van der Waals surface area contributed by atoms with Crippen LogP contribution in [0.25, 0.3) is 11.0 Å². The molecule has 0 saturated carbocycles. The number of carbonyl (C=O) groups is 1. The molecule has 4 heteroatoms. The summed E-state index contributed by atoms with van der Waals surface area (Å²) in [5, 5.41) is 2.76. The Bertz CT molecular complexity index is 502. The van der Waals surface area contributed by atoms with Crippen LogP contribution in [0.15, 0.2) is 24.3 Å². The number of hydrogen-bond donors (Lipinski definition) is 1. The quantitative estimate of drug-likeness (QED) is 0.810. The van der Waals surface area contributed by atoms with Crippen molar-refractivity contribution in [2.75, 3.05) is 5.32 Å². The first-order valence-corrected chi connectivity index (χ1v) is 4.93. The highest BCUT2D eigenvalue weighted by Crippen LogP contribution is 2.17. The molecule has 1 aromatic heterocycles. The fourth-order valence-corrected chi connectivity index (χ4v) is 1.47. The van der Waals surface area contributed by atoms with Gasteiger partial charge in [-0.3, -0.25) is 10.1 Å². The fraction of sp³-hybridized carbons (Fsp3) is 0.273. The number of imidazole rings is 1. The second-order valence-electron chi connectivity index (χ2n) is 3.38. The van der Waals surface area contributed by atoms with Crippen LogP contribution in [0.1, 0.15) is 13.3 Å². The second-order valence-corrected chi connectivity index (χ2v) is 3.38. The largest absolute Gasteiger partial charge is 0.313 e. The lowest BCUT2D eigenvalue weighted by molar-refractivity contribution is -0.115. The fourth-order valence-electron chi connectivity index (χ4n) is 1.47. The van der Waals surface area contributed by atoms with Crippen molar-refractivity contribution in [1.29, 1.82) is 0 Å². The molecule has 0 aliphatic heterocycles. The van der Waals surface area contributed by atoms with Crippen molar-refractivity contribution in [1.82, 2.24) is 9.55 Å². The molecule has 0 bridgehead atoms. The number of benzene rings is 1. The third-order valence-corrected chi connectivity index (χ3v) is 2.36. The average molecular weight is 203 g/mol. The lowest BCUT2D eigenvalue weighted by atomic mass is 10.3. The lowest BCUT2D eigenvalue weighted by Gasteiger charge is -2.02. The zero-order valence-electron chi connectivity index (χ0n) is 8.82. The second kappa shape index (κ2) is 3.73. The molecule has 0 aliphatic carbocycles. The van der Waals surface area contributed by atoms with Crippen LogP contribution in [0.3, 0.4) is 0 Å². The van der Waals surface area contributed by atoms with Gasteiger partial charge in [0.05, 0.1) is 11.0 Å². The SMILES string of the molecule is CCC(=O)Nc1nc2ccccc2n1C. The predicted molar refractivity (Wildman–Crippen MR) is 59.6 cm³/mol. The van der Waals surface area contributed by atoms with Gasteiger partial charge in [-0.1, -0.05) is 19.1 Å². The minimum absolute atomic E-state index is 0.0200. The van der Waals surface area contributed by atoms with Gasteiger partial charge in [-0.25, -0.2) is 4.98 Å². The highest BCUT2D eigenvalue weighted by molar-refractivity contribution is 5.91. The van der Waals surface area contributed by atoms with Crippen LogP contribution in [-0.2, 0) is 11.8 Å². The summed E-state index contributed by atoms with van der Waals surface area (Å²) >= 11 is 0. The number of aryl methyl sites for hydroxylation is 1. The number of rotatable bonds is 2. The Kier molecular flexibility index (Phi) is 2.41. The summed E-state index contributed by atoms with van der Waals surface area (Å²) in [5.41, 5.74) is 1.91. The lowest BCUT2D eigenvalue weighted by Crippen LogP contribution is -2.13. The number of anilines is 1. The van der Waals surface area contributed by atoms with E-state index in [1.807, 2.05) is 42.8 Å². The van der Waals surface area contributed by atoms with Crippen LogP contribution < -0.4 is 5.32 Å². The Hall–Kier alpha value is -1.84. The maximum Gasteiger partial charge on any atom is 0.226 e. The van der Waals surface area contributed by atoms with Crippen molar-refractivity contribution in [3.63, 3.8) is 0 Å². The summed E-state index contributed by atoms with van der Waals surface area (Å²) < 4.78 is 1.88. The average Bonchev–Trinajstić information content (AvgIpc) is 2.57. The molecule has 2 rings (SSSR count). The number of aromatic nitrogens is 2. The van der Waals surface area contributed by atoms with Crippen LogP contribution >= 0.6 is 0 Å². The number of hydrogen-bond acceptors (Lipinski definition) is 2. The smallest absolute Gasteiger partial charge is 0.226 e. The van der Waals surface area contributed by atoms with E-state index in [4.69, 9.17) is 0 Å². The molecule has 0 radical (unpaired) electrons. The number of para-hydroxylation sites is 2. The van der Waals surface area contributed by atoms with E-state index < -0.39 is 0 Å². The Balaban J connectivity index is 2.44. The summed E-state index contributed by atoms with van der Waals surface area (Å²) in [4.78, 5) is 15.6. The number of amides is 1. The van der Waals surface area contributed by atoms with Crippen molar-refractivity contribution in [2.45, 2.75) is 13.3 Å². The molecular formula is C11H13N3O. The van der Waals surface area contributed by atoms with Gasteiger partial charge in [0.2, 0.25) is 11.9 Å². The first-order valence-electron chi connectivity index (χ1n) is 4.93. The molecule has 1 amide bonds. The zero-order valence-corrected chi connectivity index (χ0v) is 8.82. The van der Waals surface area contributed by atoms with Crippen molar-refractivity contribution >= 4 is 22.9 Å². The van der Waals surface area contributed by atoms with Crippen LogP contribution in [-0.4, -0.2) is 15.5 Å². The number of carbonyl (C=O) groups excluding carboxylic acids is 1. The molecule has 4 nitrogen and oxygen atoms in total. The van der Waals surface area contributed by atoms with Gasteiger partial charge in [0.25, 0.3) is 0 Å². The van der Waals surface area contributed by atoms with Gasteiger partial charge in [0.15, 0.2) is 0 Å². The maximum absolute atomic E-state index is 11.2. The van der Waals surface area contributed by atoms with Crippen molar-refractivity contribution in [3.8, 4) is 0 Å².